The fraction of sp³-hybridized carbons (Fsp3) is 1.00. The molecule has 1 saturated carbocycles. The van der Waals surface area contributed by atoms with E-state index in [2.05, 4.69) is 0 Å². The molecule has 4 heteroatoms. The van der Waals surface area contributed by atoms with Crippen molar-refractivity contribution in [3.05, 3.63) is 0 Å². The van der Waals surface area contributed by atoms with Crippen LogP contribution in [0.3, 0.4) is 0 Å². The van der Waals surface area contributed by atoms with Crippen LogP contribution < -0.4 is 5.73 Å². The Morgan fingerprint density at radius 2 is 2.09 bits per heavy atom. The van der Waals surface area contributed by atoms with Crippen molar-refractivity contribution in [1.82, 2.24) is 0 Å². The molecule has 0 spiro atoms. The molecule has 11 heavy (non-hydrogen) atoms. The van der Waals surface area contributed by atoms with Crippen LogP contribution >= 0.6 is 0 Å². The van der Waals surface area contributed by atoms with Crippen LogP contribution in [0.2, 0.25) is 11.6 Å². The van der Waals surface area contributed by atoms with Crippen molar-refractivity contribution in [2.75, 3.05) is 0 Å². The zero-order valence-electron chi connectivity index (χ0n) is 6.95. The van der Waals surface area contributed by atoms with Crippen molar-refractivity contribution < 1.29 is 9.59 Å². The maximum atomic E-state index is 9.54. The van der Waals surface area contributed by atoms with Gasteiger partial charge in [-0.2, -0.15) is 0 Å². The van der Waals surface area contributed by atoms with Gasteiger partial charge in [0.05, 0.1) is 0 Å². The van der Waals surface area contributed by atoms with Crippen molar-refractivity contribution >= 4 is 8.56 Å². The smallest absolute Gasteiger partial charge is 0.336 e. The third kappa shape index (κ3) is 2.90. The van der Waals surface area contributed by atoms with Crippen LogP contribution in [0.25, 0.3) is 0 Å². The van der Waals surface area contributed by atoms with Gasteiger partial charge in [-0.05, 0) is 32.2 Å². The number of nitrogens with two attached hydrogens (primary N) is 1. The summed E-state index contributed by atoms with van der Waals surface area (Å²) >= 11 is 0. The highest BCUT2D eigenvalue weighted by atomic mass is 28.4. The van der Waals surface area contributed by atoms with Gasteiger partial charge in [0, 0.05) is 11.6 Å². The van der Waals surface area contributed by atoms with Crippen molar-refractivity contribution in [1.29, 1.82) is 0 Å². The molecule has 1 unspecified atom stereocenters. The summed E-state index contributed by atoms with van der Waals surface area (Å²) < 4.78 is 0. The molecule has 66 valence electrons. The van der Waals surface area contributed by atoms with E-state index in [1.54, 1.807) is 0 Å². The Bertz CT molecular complexity index is 134. The highest BCUT2D eigenvalue weighted by molar-refractivity contribution is 6.67. The van der Waals surface area contributed by atoms with E-state index in [1.807, 2.05) is 6.92 Å². The average Bonchev–Trinajstić information content (AvgIpc) is 2.64. The molecule has 0 saturated heterocycles. The lowest BCUT2D eigenvalue weighted by atomic mass is 10.3. The Balaban J connectivity index is 2.22. The van der Waals surface area contributed by atoms with Gasteiger partial charge < -0.3 is 15.3 Å². The van der Waals surface area contributed by atoms with Crippen LogP contribution in [-0.4, -0.2) is 24.2 Å². The van der Waals surface area contributed by atoms with E-state index in [-0.39, 0.29) is 11.6 Å². The van der Waals surface area contributed by atoms with Gasteiger partial charge in [-0.3, -0.25) is 0 Å². The summed E-state index contributed by atoms with van der Waals surface area (Å²) in [6.07, 6.45) is 2.77. The van der Waals surface area contributed by atoms with Crippen LogP contribution in [-0.2, 0) is 0 Å². The van der Waals surface area contributed by atoms with Gasteiger partial charge in [0.15, 0.2) is 0 Å². The maximum absolute atomic E-state index is 9.54. The number of hydrogen-bond donors (Lipinski definition) is 3. The molecule has 1 rings (SSSR count). The molecule has 1 aliphatic carbocycles. The molecule has 0 amide bonds. The van der Waals surface area contributed by atoms with E-state index in [1.165, 1.54) is 0 Å². The van der Waals surface area contributed by atoms with E-state index < -0.39 is 8.56 Å². The van der Waals surface area contributed by atoms with Gasteiger partial charge in [-0.15, -0.1) is 0 Å². The van der Waals surface area contributed by atoms with Crippen molar-refractivity contribution in [2.24, 2.45) is 5.73 Å². The molecule has 0 bridgehead atoms. The summed E-state index contributed by atoms with van der Waals surface area (Å²) in [5.41, 5.74) is 5.77. The molecular formula is C7H17NO2Si. The molecule has 0 aliphatic heterocycles. The Labute approximate surface area is 68.5 Å². The lowest BCUT2D eigenvalue weighted by Crippen LogP contribution is -2.36. The molecule has 0 aromatic heterocycles. The standard InChI is InChI=1S/C7H17NO2Si/c1-6(8)4-5-11(9,10)7-2-3-7/h6-7,9-10H,2-5,8H2,1H3. The van der Waals surface area contributed by atoms with Crippen molar-refractivity contribution in [2.45, 2.75) is 43.8 Å². The number of rotatable bonds is 4. The van der Waals surface area contributed by atoms with Crippen molar-refractivity contribution in [3.8, 4) is 0 Å². The minimum atomic E-state index is -2.81. The first-order chi connectivity index (χ1) is 5.02. The Morgan fingerprint density at radius 1 is 1.55 bits per heavy atom. The second kappa shape index (κ2) is 3.22. The first-order valence-electron chi connectivity index (χ1n) is 4.22. The summed E-state index contributed by atoms with van der Waals surface area (Å²) in [7, 11) is -2.81. The van der Waals surface area contributed by atoms with Gasteiger partial charge in [0.25, 0.3) is 0 Å². The highest BCUT2D eigenvalue weighted by Gasteiger charge is 2.45. The lowest BCUT2D eigenvalue weighted by Gasteiger charge is -2.17. The minimum Gasteiger partial charge on any atom is -0.410 e. The van der Waals surface area contributed by atoms with E-state index in [0.29, 0.717) is 6.04 Å². The quantitative estimate of drug-likeness (QED) is 0.539. The van der Waals surface area contributed by atoms with E-state index >= 15 is 0 Å². The van der Waals surface area contributed by atoms with Gasteiger partial charge in [0.2, 0.25) is 0 Å². The molecule has 4 N–H and O–H groups in total. The Kier molecular flexibility index (Phi) is 2.69. The zero-order chi connectivity index (χ0) is 8.48. The summed E-state index contributed by atoms with van der Waals surface area (Å²) in [4.78, 5) is 19.1. The number of hydrogen-bond acceptors (Lipinski definition) is 3. The molecule has 0 aromatic rings. The zero-order valence-corrected chi connectivity index (χ0v) is 7.95. The predicted molar refractivity (Wildman–Crippen MR) is 46.2 cm³/mol. The fourth-order valence-electron chi connectivity index (χ4n) is 1.19. The molecule has 1 aliphatic rings. The Hall–Kier alpha value is 0.0969. The largest absolute Gasteiger partial charge is 0.410 e. The molecule has 0 aromatic carbocycles. The summed E-state index contributed by atoms with van der Waals surface area (Å²) in [6.45, 7) is 1.90. The van der Waals surface area contributed by atoms with Crippen LogP contribution in [0.15, 0.2) is 0 Å². The van der Waals surface area contributed by atoms with Gasteiger partial charge in [-0.25, -0.2) is 0 Å². The Morgan fingerprint density at radius 3 is 2.45 bits per heavy atom. The summed E-state index contributed by atoms with van der Waals surface area (Å²) in [6, 6.07) is 0.648. The predicted octanol–water partition coefficient (Wildman–Crippen LogP) is 0.314. The molecule has 3 nitrogen and oxygen atoms in total. The maximum Gasteiger partial charge on any atom is 0.336 e. The SMILES string of the molecule is CC(N)CC[Si](O)(O)C1CC1. The van der Waals surface area contributed by atoms with Gasteiger partial charge >= 0.3 is 8.56 Å². The third-order valence-corrected chi connectivity index (χ3v) is 5.11. The van der Waals surface area contributed by atoms with Gasteiger partial charge in [-0.1, -0.05) is 0 Å². The minimum absolute atomic E-state index is 0.0972. The van der Waals surface area contributed by atoms with E-state index in [4.69, 9.17) is 5.73 Å². The first-order valence-corrected chi connectivity index (χ1v) is 6.40. The van der Waals surface area contributed by atoms with Crippen molar-refractivity contribution in [3.63, 3.8) is 0 Å². The monoisotopic (exact) mass is 175 g/mol. The molecule has 0 radical (unpaired) electrons. The van der Waals surface area contributed by atoms with Crippen LogP contribution in [0.4, 0.5) is 0 Å². The second-order valence-corrected chi connectivity index (χ2v) is 6.74. The van der Waals surface area contributed by atoms with Crippen LogP contribution in [0.5, 0.6) is 0 Å². The molecule has 0 heterocycles. The average molecular weight is 175 g/mol. The summed E-state index contributed by atoms with van der Waals surface area (Å²) in [5, 5.41) is 0. The molecule has 1 atom stereocenters. The van der Waals surface area contributed by atoms with E-state index in [0.717, 1.165) is 19.3 Å². The molecule has 1 fully saturated rings. The normalized spacial score (nSPS) is 21.8. The fourth-order valence-corrected chi connectivity index (χ4v) is 3.57. The molecular weight excluding hydrogens is 158 g/mol. The van der Waals surface area contributed by atoms with E-state index in [9.17, 15) is 9.59 Å². The van der Waals surface area contributed by atoms with Crippen LogP contribution in [0, 0.1) is 0 Å². The first kappa shape index (κ1) is 9.19. The summed E-state index contributed by atoms with van der Waals surface area (Å²) in [5.74, 6) is 0. The highest BCUT2D eigenvalue weighted by Crippen LogP contribution is 2.44. The second-order valence-electron chi connectivity index (χ2n) is 3.67. The van der Waals surface area contributed by atoms with Crippen LogP contribution in [0.1, 0.15) is 26.2 Å². The van der Waals surface area contributed by atoms with Gasteiger partial charge in [0.1, 0.15) is 0 Å². The lowest BCUT2D eigenvalue weighted by molar-refractivity contribution is 0.350. The third-order valence-electron chi connectivity index (χ3n) is 2.20. The topological polar surface area (TPSA) is 66.5 Å².